The first-order valence-electron chi connectivity index (χ1n) is 8.59. The van der Waals surface area contributed by atoms with E-state index in [-0.39, 0.29) is 5.78 Å². The number of carbonyl (C=O) groups is 1. The van der Waals surface area contributed by atoms with Gasteiger partial charge >= 0.3 is 0 Å². The molecule has 4 rings (SSSR count). The minimum absolute atomic E-state index is 0.104. The Morgan fingerprint density at radius 2 is 2.12 bits per heavy atom. The smallest absolute Gasteiger partial charge is 0.166 e. The number of hydrogen-bond donors (Lipinski definition) is 1. The van der Waals surface area contributed by atoms with Gasteiger partial charge in [-0.05, 0) is 42.2 Å². The van der Waals surface area contributed by atoms with Crippen LogP contribution in [-0.2, 0) is 12.8 Å². The zero-order valence-electron chi connectivity index (χ0n) is 14.2. The van der Waals surface area contributed by atoms with Crippen molar-refractivity contribution in [3.63, 3.8) is 0 Å². The molecule has 1 N–H and O–H groups in total. The molecule has 0 atom stereocenters. The third-order valence-corrected chi connectivity index (χ3v) is 4.55. The van der Waals surface area contributed by atoms with Gasteiger partial charge < -0.3 is 9.72 Å². The van der Waals surface area contributed by atoms with Crippen molar-refractivity contribution in [2.45, 2.75) is 25.7 Å². The monoisotopic (exact) mass is 343 g/mol. The number of imidazole rings is 1. The first-order valence-corrected chi connectivity index (χ1v) is 8.59. The number of fused-ring (bicyclic) bond motifs is 1. The Hall–Kier alpha value is -3.39. The summed E-state index contributed by atoms with van der Waals surface area (Å²) in [6, 6.07) is 13.3. The van der Waals surface area contributed by atoms with Gasteiger partial charge in [0.05, 0.1) is 11.1 Å². The highest BCUT2D eigenvalue weighted by atomic mass is 16.5. The van der Waals surface area contributed by atoms with E-state index in [2.05, 4.69) is 16.0 Å². The van der Waals surface area contributed by atoms with Gasteiger partial charge in [0.2, 0.25) is 0 Å². The number of aromatic nitrogens is 2. The maximum atomic E-state index is 12.4. The van der Waals surface area contributed by atoms with Gasteiger partial charge in [-0.15, -0.1) is 0 Å². The lowest BCUT2D eigenvalue weighted by Gasteiger charge is -2.19. The summed E-state index contributed by atoms with van der Waals surface area (Å²) in [5.41, 5.74) is 3.09. The van der Waals surface area contributed by atoms with Crippen LogP contribution in [0.25, 0.3) is 0 Å². The fraction of sp³-hybridized carbons (Fsp3) is 0.190. The Bertz CT molecular complexity index is 1000. The quantitative estimate of drug-likeness (QED) is 0.770. The van der Waals surface area contributed by atoms with Crippen LogP contribution in [0.4, 0.5) is 0 Å². The molecule has 0 aliphatic heterocycles. The molecule has 26 heavy (non-hydrogen) atoms. The van der Waals surface area contributed by atoms with Gasteiger partial charge in [0.15, 0.2) is 5.78 Å². The SMILES string of the molecule is N#Cc1ccc(Cc2ncc[nH]2)cc1Oc1cccc2c1C(=O)CCC2. The number of nitrogens with one attached hydrogen (secondary N) is 1. The van der Waals surface area contributed by atoms with E-state index in [1.807, 2.05) is 24.3 Å². The van der Waals surface area contributed by atoms with E-state index in [0.29, 0.717) is 35.5 Å². The minimum atomic E-state index is 0.104. The van der Waals surface area contributed by atoms with Gasteiger partial charge in [0.25, 0.3) is 0 Å². The van der Waals surface area contributed by atoms with Crippen molar-refractivity contribution in [1.82, 2.24) is 9.97 Å². The van der Waals surface area contributed by atoms with Gasteiger partial charge in [-0.1, -0.05) is 18.2 Å². The number of aryl methyl sites for hydroxylation is 1. The van der Waals surface area contributed by atoms with E-state index in [1.54, 1.807) is 24.5 Å². The van der Waals surface area contributed by atoms with Crippen LogP contribution in [0.3, 0.4) is 0 Å². The number of H-pyrrole nitrogens is 1. The van der Waals surface area contributed by atoms with Crippen LogP contribution in [0.15, 0.2) is 48.8 Å². The normalized spacial score (nSPS) is 13.1. The average molecular weight is 343 g/mol. The number of nitrogens with zero attached hydrogens (tertiary/aromatic N) is 2. The Labute approximate surface area is 151 Å². The Morgan fingerprint density at radius 1 is 1.19 bits per heavy atom. The molecule has 0 saturated heterocycles. The summed E-state index contributed by atoms with van der Waals surface area (Å²) in [7, 11) is 0. The highest BCUT2D eigenvalue weighted by molar-refractivity contribution is 6.01. The molecule has 0 unspecified atom stereocenters. The molecule has 0 fully saturated rings. The van der Waals surface area contributed by atoms with Crippen molar-refractivity contribution >= 4 is 5.78 Å². The lowest BCUT2D eigenvalue weighted by atomic mass is 9.90. The van der Waals surface area contributed by atoms with Crippen LogP contribution in [0.2, 0.25) is 0 Å². The van der Waals surface area contributed by atoms with Crippen LogP contribution >= 0.6 is 0 Å². The maximum absolute atomic E-state index is 12.4. The Morgan fingerprint density at radius 3 is 2.92 bits per heavy atom. The van der Waals surface area contributed by atoms with E-state index < -0.39 is 0 Å². The average Bonchev–Trinajstić information content (AvgIpc) is 3.15. The van der Waals surface area contributed by atoms with E-state index in [9.17, 15) is 10.1 Å². The number of hydrogen-bond acceptors (Lipinski definition) is 4. The predicted molar refractivity (Wildman–Crippen MR) is 96.3 cm³/mol. The van der Waals surface area contributed by atoms with Crippen LogP contribution in [0.5, 0.6) is 11.5 Å². The van der Waals surface area contributed by atoms with Crippen LogP contribution in [-0.4, -0.2) is 15.8 Å². The molecule has 1 heterocycles. The van der Waals surface area contributed by atoms with Gasteiger partial charge in [-0.3, -0.25) is 4.79 Å². The van der Waals surface area contributed by atoms with Crippen molar-refractivity contribution in [3.05, 3.63) is 76.9 Å². The van der Waals surface area contributed by atoms with Crippen molar-refractivity contribution in [2.75, 3.05) is 0 Å². The minimum Gasteiger partial charge on any atom is -0.455 e. The molecule has 0 saturated carbocycles. The molecule has 3 aromatic rings. The number of nitriles is 1. The third-order valence-electron chi connectivity index (χ3n) is 4.55. The number of carbonyl (C=O) groups excluding carboxylic acids is 1. The second kappa shape index (κ2) is 6.85. The zero-order chi connectivity index (χ0) is 17.9. The van der Waals surface area contributed by atoms with Crippen LogP contribution in [0.1, 0.15) is 45.7 Å². The van der Waals surface area contributed by atoms with E-state index >= 15 is 0 Å². The second-order valence-corrected chi connectivity index (χ2v) is 6.32. The fourth-order valence-corrected chi connectivity index (χ4v) is 3.31. The number of benzene rings is 2. The molecule has 5 nitrogen and oxygen atoms in total. The Kier molecular flexibility index (Phi) is 4.24. The Balaban J connectivity index is 1.70. The molecule has 0 amide bonds. The van der Waals surface area contributed by atoms with Crippen molar-refractivity contribution in [3.8, 4) is 17.6 Å². The zero-order valence-corrected chi connectivity index (χ0v) is 14.2. The summed E-state index contributed by atoms with van der Waals surface area (Å²) in [5.74, 6) is 1.93. The topological polar surface area (TPSA) is 78.8 Å². The van der Waals surface area contributed by atoms with Crippen molar-refractivity contribution < 1.29 is 9.53 Å². The molecule has 128 valence electrons. The lowest BCUT2D eigenvalue weighted by molar-refractivity contribution is 0.0970. The molecule has 0 spiro atoms. The number of ether oxygens (including phenoxy) is 1. The molecule has 1 aliphatic rings. The van der Waals surface area contributed by atoms with Gasteiger partial charge in [-0.2, -0.15) is 5.26 Å². The summed E-state index contributed by atoms with van der Waals surface area (Å²) in [6.45, 7) is 0. The first-order chi connectivity index (χ1) is 12.7. The van der Waals surface area contributed by atoms with Gasteiger partial charge in [0.1, 0.15) is 23.4 Å². The summed E-state index contributed by atoms with van der Waals surface area (Å²) in [4.78, 5) is 19.7. The van der Waals surface area contributed by atoms with Gasteiger partial charge in [-0.25, -0.2) is 4.98 Å². The standard InChI is InChI=1S/C21H17N3O2/c22-13-16-8-7-14(12-20-23-9-10-24-20)11-19(16)26-18-6-2-4-15-3-1-5-17(25)21(15)18/h2,4,6-11H,1,3,5,12H2,(H,23,24). The molecular weight excluding hydrogens is 326 g/mol. The number of ketones is 1. The second-order valence-electron chi connectivity index (χ2n) is 6.32. The molecule has 1 aliphatic carbocycles. The van der Waals surface area contributed by atoms with Gasteiger partial charge in [0, 0.05) is 25.2 Å². The lowest BCUT2D eigenvalue weighted by Crippen LogP contribution is -2.12. The third kappa shape index (κ3) is 3.09. The largest absolute Gasteiger partial charge is 0.455 e. The summed E-state index contributed by atoms with van der Waals surface area (Å²) in [6.07, 6.45) is 6.38. The van der Waals surface area contributed by atoms with Crippen LogP contribution < -0.4 is 4.74 Å². The maximum Gasteiger partial charge on any atom is 0.166 e. The molecule has 2 aromatic carbocycles. The summed E-state index contributed by atoms with van der Waals surface area (Å²) in [5, 5.41) is 9.42. The molecule has 0 bridgehead atoms. The highest BCUT2D eigenvalue weighted by Crippen LogP contribution is 2.34. The summed E-state index contributed by atoms with van der Waals surface area (Å²) >= 11 is 0. The molecule has 1 aromatic heterocycles. The van der Waals surface area contributed by atoms with Crippen LogP contribution in [0, 0.1) is 11.3 Å². The van der Waals surface area contributed by atoms with Crippen molar-refractivity contribution in [2.24, 2.45) is 0 Å². The summed E-state index contributed by atoms with van der Waals surface area (Å²) < 4.78 is 6.06. The van der Waals surface area contributed by atoms with Crippen molar-refractivity contribution in [1.29, 1.82) is 5.26 Å². The fourth-order valence-electron chi connectivity index (χ4n) is 3.31. The van der Waals surface area contributed by atoms with E-state index in [4.69, 9.17) is 4.74 Å². The number of Topliss-reactive ketones (excluding diaryl/α,β-unsaturated/α-hetero) is 1. The molecule has 5 heteroatoms. The molecular formula is C21H17N3O2. The number of rotatable bonds is 4. The first kappa shape index (κ1) is 16.1. The molecule has 0 radical (unpaired) electrons. The highest BCUT2D eigenvalue weighted by Gasteiger charge is 2.22. The van der Waals surface area contributed by atoms with E-state index in [1.165, 1.54) is 0 Å². The van der Waals surface area contributed by atoms with E-state index in [0.717, 1.165) is 29.8 Å². The predicted octanol–water partition coefficient (Wildman–Crippen LogP) is 4.18. The number of aromatic amines is 1.